The van der Waals surface area contributed by atoms with Crippen molar-refractivity contribution in [2.75, 3.05) is 18.4 Å². The van der Waals surface area contributed by atoms with Gasteiger partial charge in [0.2, 0.25) is 0 Å². The van der Waals surface area contributed by atoms with E-state index in [0.29, 0.717) is 40.5 Å². The molecule has 0 aromatic heterocycles. The van der Waals surface area contributed by atoms with Crippen molar-refractivity contribution in [3.05, 3.63) is 94.0 Å². The number of halogens is 1. The minimum atomic E-state index is -3.49. The van der Waals surface area contributed by atoms with Gasteiger partial charge in [-0.1, -0.05) is 41.4 Å². The van der Waals surface area contributed by atoms with Gasteiger partial charge < -0.3 is 10.2 Å². The number of nitrogens with zero attached hydrogens (tertiary/aromatic N) is 1. The molecule has 1 saturated heterocycles. The molecule has 0 atom stereocenters. The van der Waals surface area contributed by atoms with Gasteiger partial charge in [-0.05, 0) is 67.8 Å². The van der Waals surface area contributed by atoms with Crippen LogP contribution in [-0.2, 0) is 15.6 Å². The molecule has 3 aromatic carbocycles. The normalized spacial score (nSPS) is 13.6. The molecule has 6 nitrogen and oxygen atoms in total. The molecule has 1 aliphatic heterocycles. The summed E-state index contributed by atoms with van der Waals surface area (Å²) in [6, 6.07) is 17.9. The molecule has 0 unspecified atom stereocenters. The Morgan fingerprint density at radius 1 is 0.941 bits per heavy atom. The first kappa shape index (κ1) is 24.0. The summed E-state index contributed by atoms with van der Waals surface area (Å²) in [5.41, 5.74) is 2.65. The average molecular weight is 497 g/mol. The highest BCUT2D eigenvalue weighted by Crippen LogP contribution is 2.25. The Labute approximate surface area is 204 Å². The van der Waals surface area contributed by atoms with E-state index in [1.807, 2.05) is 6.92 Å². The number of carbonyl (C=O) groups is 2. The van der Waals surface area contributed by atoms with Crippen LogP contribution in [0, 0.1) is 6.92 Å². The van der Waals surface area contributed by atoms with Crippen LogP contribution < -0.4 is 5.32 Å². The largest absolute Gasteiger partial charge is 0.339 e. The summed E-state index contributed by atoms with van der Waals surface area (Å²) in [7, 11) is -3.49. The van der Waals surface area contributed by atoms with Gasteiger partial charge in [-0.25, -0.2) is 8.42 Å². The SMILES string of the molecule is Cc1ccc(S(=O)(=O)Cc2ccc(C(=O)Nc3ccc(Cl)cc3C(=O)N3CCCC3)cc2)cc1. The molecule has 1 aliphatic rings. The lowest BCUT2D eigenvalue weighted by molar-refractivity contribution is 0.0794. The number of hydrogen-bond donors (Lipinski definition) is 1. The number of carbonyl (C=O) groups excluding carboxylic acids is 2. The van der Waals surface area contributed by atoms with Crippen LogP contribution in [0.4, 0.5) is 5.69 Å². The van der Waals surface area contributed by atoms with E-state index < -0.39 is 15.7 Å². The molecule has 1 fully saturated rings. The summed E-state index contributed by atoms with van der Waals surface area (Å²) in [6.45, 7) is 3.27. The van der Waals surface area contributed by atoms with Crippen molar-refractivity contribution in [1.29, 1.82) is 0 Å². The van der Waals surface area contributed by atoms with Crippen molar-refractivity contribution in [3.63, 3.8) is 0 Å². The molecular weight excluding hydrogens is 472 g/mol. The number of anilines is 1. The monoisotopic (exact) mass is 496 g/mol. The minimum Gasteiger partial charge on any atom is -0.339 e. The van der Waals surface area contributed by atoms with Crippen molar-refractivity contribution < 1.29 is 18.0 Å². The van der Waals surface area contributed by atoms with E-state index in [1.54, 1.807) is 71.6 Å². The standard InChI is InChI=1S/C26H25ClN2O4S/c1-18-4-11-22(12-5-18)34(32,33)17-19-6-8-20(9-7-19)25(30)28-24-13-10-21(27)16-23(24)26(31)29-14-2-3-15-29/h4-13,16H,2-3,14-15,17H2,1H3,(H,28,30). The molecule has 0 bridgehead atoms. The van der Waals surface area contributed by atoms with Gasteiger partial charge in [0.25, 0.3) is 11.8 Å². The van der Waals surface area contributed by atoms with Crippen LogP contribution in [0.25, 0.3) is 0 Å². The highest BCUT2D eigenvalue weighted by atomic mass is 35.5. The van der Waals surface area contributed by atoms with Crippen LogP contribution in [-0.4, -0.2) is 38.2 Å². The van der Waals surface area contributed by atoms with Crippen LogP contribution in [0.1, 0.15) is 44.7 Å². The number of rotatable bonds is 6. The zero-order valence-corrected chi connectivity index (χ0v) is 20.3. The summed E-state index contributed by atoms with van der Waals surface area (Å²) in [5, 5.41) is 3.21. The number of aryl methyl sites for hydroxylation is 1. The van der Waals surface area contributed by atoms with Crippen molar-refractivity contribution in [2.24, 2.45) is 0 Å². The third-order valence-electron chi connectivity index (χ3n) is 5.81. The zero-order chi connectivity index (χ0) is 24.3. The zero-order valence-electron chi connectivity index (χ0n) is 18.8. The lowest BCUT2D eigenvalue weighted by atomic mass is 10.1. The van der Waals surface area contributed by atoms with E-state index in [4.69, 9.17) is 11.6 Å². The molecule has 4 rings (SSSR count). The topological polar surface area (TPSA) is 83.5 Å². The Kier molecular flexibility index (Phi) is 7.05. The number of amides is 2. The third-order valence-corrected chi connectivity index (χ3v) is 7.75. The number of nitrogens with one attached hydrogen (secondary N) is 1. The van der Waals surface area contributed by atoms with Gasteiger partial charge in [-0.15, -0.1) is 0 Å². The summed E-state index contributed by atoms with van der Waals surface area (Å²) in [6.07, 6.45) is 1.92. The van der Waals surface area contributed by atoms with E-state index in [9.17, 15) is 18.0 Å². The number of likely N-dealkylation sites (tertiary alicyclic amines) is 1. The molecule has 0 saturated carbocycles. The Morgan fingerprint density at radius 3 is 2.24 bits per heavy atom. The molecule has 0 aliphatic carbocycles. The molecule has 2 amide bonds. The van der Waals surface area contributed by atoms with E-state index in [-0.39, 0.29) is 16.6 Å². The maximum absolute atomic E-state index is 12.9. The molecule has 0 spiro atoms. The van der Waals surface area contributed by atoms with Crippen molar-refractivity contribution in [1.82, 2.24) is 4.90 Å². The average Bonchev–Trinajstić information content (AvgIpc) is 3.35. The van der Waals surface area contributed by atoms with Crippen LogP contribution in [0.5, 0.6) is 0 Å². The molecule has 176 valence electrons. The van der Waals surface area contributed by atoms with Crippen molar-refractivity contribution in [2.45, 2.75) is 30.4 Å². The number of benzene rings is 3. The Hall–Kier alpha value is -3.16. The minimum absolute atomic E-state index is 0.160. The maximum Gasteiger partial charge on any atom is 0.256 e. The quantitative estimate of drug-likeness (QED) is 0.514. The van der Waals surface area contributed by atoms with Gasteiger partial charge in [-0.3, -0.25) is 9.59 Å². The summed E-state index contributed by atoms with van der Waals surface area (Å²) < 4.78 is 25.4. The second kappa shape index (κ2) is 9.99. The Morgan fingerprint density at radius 2 is 1.59 bits per heavy atom. The van der Waals surface area contributed by atoms with Crippen LogP contribution in [0.2, 0.25) is 5.02 Å². The van der Waals surface area contributed by atoms with Gasteiger partial charge >= 0.3 is 0 Å². The predicted molar refractivity (Wildman–Crippen MR) is 133 cm³/mol. The van der Waals surface area contributed by atoms with Crippen LogP contribution in [0.3, 0.4) is 0 Å². The molecule has 34 heavy (non-hydrogen) atoms. The fraction of sp³-hybridized carbons (Fsp3) is 0.231. The highest BCUT2D eigenvalue weighted by molar-refractivity contribution is 7.90. The first-order chi connectivity index (χ1) is 16.2. The fourth-order valence-corrected chi connectivity index (χ4v) is 5.41. The molecule has 3 aromatic rings. The molecule has 8 heteroatoms. The Balaban J connectivity index is 1.48. The van der Waals surface area contributed by atoms with E-state index in [1.165, 1.54) is 0 Å². The van der Waals surface area contributed by atoms with E-state index in [0.717, 1.165) is 18.4 Å². The van der Waals surface area contributed by atoms with E-state index in [2.05, 4.69) is 5.32 Å². The van der Waals surface area contributed by atoms with E-state index >= 15 is 0 Å². The third kappa shape index (κ3) is 5.48. The highest BCUT2D eigenvalue weighted by Gasteiger charge is 2.23. The first-order valence-corrected chi connectivity index (χ1v) is 13.0. The van der Waals surface area contributed by atoms with Crippen LogP contribution in [0.15, 0.2) is 71.6 Å². The summed E-state index contributed by atoms with van der Waals surface area (Å²) >= 11 is 6.11. The number of sulfone groups is 1. The van der Waals surface area contributed by atoms with Gasteiger partial charge in [-0.2, -0.15) is 0 Å². The Bertz CT molecular complexity index is 1310. The van der Waals surface area contributed by atoms with Crippen LogP contribution >= 0.6 is 11.6 Å². The molecule has 1 N–H and O–H groups in total. The first-order valence-electron chi connectivity index (χ1n) is 11.0. The van der Waals surface area contributed by atoms with Gasteiger partial charge in [0.15, 0.2) is 9.84 Å². The number of hydrogen-bond acceptors (Lipinski definition) is 4. The van der Waals surface area contributed by atoms with Gasteiger partial charge in [0, 0.05) is 23.7 Å². The van der Waals surface area contributed by atoms with Gasteiger partial charge in [0.05, 0.1) is 21.9 Å². The van der Waals surface area contributed by atoms with Crippen molar-refractivity contribution in [3.8, 4) is 0 Å². The fourth-order valence-electron chi connectivity index (χ4n) is 3.89. The maximum atomic E-state index is 12.9. The smallest absolute Gasteiger partial charge is 0.256 e. The predicted octanol–water partition coefficient (Wildman–Crippen LogP) is 5.11. The summed E-state index contributed by atoms with van der Waals surface area (Å²) in [4.78, 5) is 27.8. The summed E-state index contributed by atoms with van der Waals surface area (Å²) in [5.74, 6) is -0.721. The second-order valence-electron chi connectivity index (χ2n) is 8.41. The molecule has 0 radical (unpaired) electrons. The van der Waals surface area contributed by atoms with Gasteiger partial charge in [0.1, 0.15) is 0 Å². The lowest BCUT2D eigenvalue weighted by Crippen LogP contribution is -2.28. The van der Waals surface area contributed by atoms with Crippen molar-refractivity contribution >= 4 is 38.9 Å². The second-order valence-corrected chi connectivity index (χ2v) is 10.8. The molecular formula is C26H25ClN2O4S. The lowest BCUT2D eigenvalue weighted by Gasteiger charge is -2.18. The molecule has 1 heterocycles.